The second-order valence-electron chi connectivity index (χ2n) is 11.7. The Hall–Kier alpha value is -1.80. The van der Waals surface area contributed by atoms with Gasteiger partial charge < -0.3 is 24.4 Å². The molecule has 5 rings (SSSR count). The highest BCUT2D eigenvalue weighted by atomic mass is 16.7. The molecule has 1 saturated heterocycles. The van der Waals surface area contributed by atoms with Crippen LogP contribution in [0.25, 0.3) is 0 Å². The molecule has 0 radical (unpaired) electrons. The van der Waals surface area contributed by atoms with Crippen molar-refractivity contribution in [3.63, 3.8) is 0 Å². The highest BCUT2D eigenvalue weighted by Crippen LogP contribution is 2.69. The predicted octanol–water partition coefficient (Wildman–Crippen LogP) is 3.25. The SMILES string of the molecule is C=C1C=C[C@@]2(C)C(=C1)[C@H](O)C[C@@H]1[C@H]2[C@@H](O)C[C@@]2(C)[C@@H]1C[C@@H]1OC(CCC)O[C@@]12C(=O)COC(C)=O. The van der Waals surface area contributed by atoms with Crippen molar-refractivity contribution in [2.45, 2.75) is 90.0 Å². The largest absolute Gasteiger partial charge is 0.458 e. The number of ketones is 1. The van der Waals surface area contributed by atoms with E-state index in [-0.39, 0.29) is 30.1 Å². The van der Waals surface area contributed by atoms with Gasteiger partial charge >= 0.3 is 5.97 Å². The summed E-state index contributed by atoms with van der Waals surface area (Å²) in [6.07, 6.45) is 6.65. The molecule has 0 aromatic rings. The van der Waals surface area contributed by atoms with E-state index < -0.39 is 47.0 Å². The number of hydrogen-bond donors (Lipinski definition) is 2. The van der Waals surface area contributed by atoms with E-state index in [0.717, 1.165) is 17.6 Å². The molecule has 0 aromatic carbocycles. The van der Waals surface area contributed by atoms with Gasteiger partial charge in [-0.2, -0.15) is 0 Å². The topological polar surface area (TPSA) is 102 Å². The van der Waals surface area contributed by atoms with Crippen LogP contribution in [0.3, 0.4) is 0 Å². The fourth-order valence-electron chi connectivity index (χ4n) is 8.41. The van der Waals surface area contributed by atoms with Gasteiger partial charge in [0.2, 0.25) is 5.78 Å². The van der Waals surface area contributed by atoms with Crippen molar-refractivity contribution in [2.75, 3.05) is 6.61 Å². The Bertz CT molecular complexity index is 999. The molecule has 1 aliphatic heterocycles. The van der Waals surface area contributed by atoms with Crippen molar-refractivity contribution >= 4 is 11.8 Å². The first-order valence-corrected chi connectivity index (χ1v) is 12.9. The summed E-state index contributed by atoms with van der Waals surface area (Å²) in [6, 6.07) is 0. The summed E-state index contributed by atoms with van der Waals surface area (Å²) in [4.78, 5) is 25.3. The molecule has 4 fully saturated rings. The Labute approximate surface area is 207 Å². The first kappa shape index (κ1) is 24.9. The molecular weight excluding hydrogens is 448 g/mol. The lowest BCUT2D eigenvalue weighted by Gasteiger charge is -2.60. The van der Waals surface area contributed by atoms with Gasteiger partial charge in [-0.25, -0.2) is 0 Å². The predicted molar refractivity (Wildman–Crippen MR) is 128 cm³/mol. The molecule has 5 aliphatic rings. The van der Waals surface area contributed by atoms with Gasteiger partial charge in [0.15, 0.2) is 18.5 Å². The maximum Gasteiger partial charge on any atom is 0.303 e. The Kier molecular flexibility index (Phi) is 5.95. The molecule has 1 unspecified atom stereocenters. The second kappa shape index (κ2) is 8.37. The van der Waals surface area contributed by atoms with Gasteiger partial charge in [0.05, 0.1) is 18.3 Å². The average molecular weight is 487 g/mol. The van der Waals surface area contributed by atoms with Crippen LogP contribution in [-0.2, 0) is 23.8 Å². The molecule has 0 aromatic heterocycles. The lowest BCUT2D eigenvalue weighted by molar-refractivity contribution is -0.204. The van der Waals surface area contributed by atoms with Crippen LogP contribution in [-0.4, -0.2) is 58.8 Å². The summed E-state index contributed by atoms with van der Waals surface area (Å²) in [5, 5.41) is 23.0. The molecular formula is C28H38O7. The zero-order valence-electron chi connectivity index (χ0n) is 21.2. The summed E-state index contributed by atoms with van der Waals surface area (Å²) in [5.41, 5.74) is -0.763. The van der Waals surface area contributed by atoms with E-state index in [1.165, 1.54) is 6.92 Å². The third kappa shape index (κ3) is 3.38. The van der Waals surface area contributed by atoms with Gasteiger partial charge in [0.25, 0.3) is 0 Å². The van der Waals surface area contributed by atoms with Crippen LogP contribution in [0.4, 0.5) is 0 Å². The normalized spacial score (nSPS) is 47.9. The third-order valence-electron chi connectivity index (χ3n) is 9.75. The smallest absolute Gasteiger partial charge is 0.303 e. The van der Waals surface area contributed by atoms with Gasteiger partial charge in [0, 0.05) is 23.7 Å². The van der Waals surface area contributed by atoms with E-state index in [4.69, 9.17) is 14.2 Å². The molecule has 7 heteroatoms. The molecule has 0 bridgehead atoms. The van der Waals surface area contributed by atoms with Crippen LogP contribution < -0.4 is 0 Å². The Morgan fingerprint density at radius 2 is 2.00 bits per heavy atom. The lowest BCUT2D eigenvalue weighted by atomic mass is 9.45. The van der Waals surface area contributed by atoms with Gasteiger partial charge in [-0.05, 0) is 48.7 Å². The second-order valence-corrected chi connectivity index (χ2v) is 11.7. The van der Waals surface area contributed by atoms with Crippen LogP contribution in [0.15, 0.2) is 36.0 Å². The molecule has 0 amide bonds. The first-order valence-electron chi connectivity index (χ1n) is 12.9. The number of Topliss-reactive ketones (excluding diaryl/α,β-unsaturated/α-hetero) is 1. The lowest BCUT2D eigenvalue weighted by Crippen LogP contribution is -2.64. The van der Waals surface area contributed by atoms with E-state index >= 15 is 0 Å². The quantitative estimate of drug-likeness (QED) is 0.575. The number of aliphatic hydroxyl groups is 2. The number of fused-ring (bicyclic) bond motifs is 7. The average Bonchev–Trinajstić information content (AvgIpc) is 3.26. The number of rotatable bonds is 5. The Morgan fingerprint density at radius 1 is 1.26 bits per heavy atom. The summed E-state index contributed by atoms with van der Waals surface area (Å²) in [6.45, 7) is 11.1. The molecule has 192 valence electrons. The molecule has 3 saturated carbocycles. The van der Waals surface area contributed by atoms with Gasteiger partial charge in [-0.1, -0.05) is 52.0 Å². The van der Waals surface area contributed by atoms with E-state index in [1.54, 1.807) is 0 Å². The van der Waals surface area contributed by atoms with Gasteiger partial charge in [-0.3, -0.25) is 9.59 Å². The van der Waals surface area contributed by atoms with Crippen molar-refractivity contribution in [3.8, 4) is 0 Å². The third-order valence-corrected chi connectivity index (χ3v) is 9.75. The summed E-state index contributed by atoms with van der Waals surface area (Å²) in [5.74, 6) is -0.962. The van der Waals surface area contributed by atoms with E-state index in [1.807, 2.05) is 26.0 Å². The van der Waals surface area contributed by atoms with Crippen LogP contribution in [0, 0.1) is 28.6 Å². The van der Waals surface area contributed by atoms with Crippen molar-refractivity contribution < 1.29 is 34.0 Å². The van der Waals surface area contributed by atoms with E-state index in [0.29, 0.717) is 25.7 Å². The monoisotopic (exact) mass is 486 g/mol. The summed E-state index contributed by atoms with van der Waals surface area (Å²) in [7, 11) is 0. The molecule has 4 aliphatic carbocycles. The molecule has 2 N–H and O–H groups in total. The van der Waals surface area contributed by atoms with E-state index in [2.05, 4.69) is 19.6 Å². The molecule has 7 nitrogen and oxygen atoms in total. The minimum absolute atomic E-state index is 0.00342. The number of hydrogen-bond acceptors (Lipinski definition) is 7. The highest BCUT2D eigenvalue weighted by Gasteiger charge is 2.76. The zero-order chi connectivity index (χ0) is 25.3. The van der Waals surface area contributed by atoms with E-state index in [9.17, 15) is 19.8 Å². The number of allylic oxidation sites excluding steroid dienone is 4. The Balaban J connectivity index is 1.55. The van der Waals surface area contributed by atoms with Crippen LogP contribution in [0.2, 0.25) is 0 Å². The fraction of sp³-hybridized carbons (Fsp3) is 0.714. The maximum atomic E-state index is 13.8. The number of carbonyl (C=O) groups excluding carboxylic acids is 2. The molecule has 1 heterocycles. The molecule has 0 spiro atoms. The standard InChI is InChI=1S/C28H38O7/c1-6-7-24-34-23-12-18-17-11-20(30)19-10-15(2)8-9-26(19,4)25(17)21(31)13-27(18,5)28(23,35-24)22(32)14-33-16(3)29/h8-10,17-18,20-21,23-25,30-31H,2,6-7,11-14H2,1,3-5H3/t17-,18+,20+,21-,23-,24?,25-,26-,27-,28-/m0/s1. The Morgan fingerprint density at radius 3 is 2.69 bits per heavy atom. The molecule has 35 heavy (non-hydrogen) atoms. The van der Waals surface area contributed by atoms with Crippen molar-refractivity contribution in [1.82, 2.24) is 0 Å². The van der Waals surface area contributed by atoms with Crippen molar-refractivity contribution in [2.24, 2.45) is 28.6 Å². The van der Waals surface area contributed by atoms with Crippen molar-refractivity contribution in [1.29, 1.82) is 0 Å². The minimum Gasteiger partial charge on any atom is -0.458 e. The van der Waals surface area contributed by atoms with Gasteiger partial charge in [-0.15, -0.1) is 0 Å². The fourth-order valence-corrected chi connectivity index (χ4v) is 8.41. The number of ether oxygens (including phenoxy) is 3. The maximum absolute atomic E-state index is 13.8. The number of aliphatic hydroxyl groups excluding tert-OH is 2. The summed E-state index contributed by atoms with van der Waals surface area (Å²) < 4.78 is 18.0. The van der Waals surface area contributed by atoms with Crippen LogP contribution >= 0.6 is 0 Å². The minimum atomic E-state index is -1.29. The summed E-state index contributed by atoms with van der Waals surface area (Å²) >= 11 is 0. The van der Waals surface area contributed by atoms with Crippen molar-refractivity contribution in [3.05, 3.63) is 36.0 Å². The molecule has 10 atom stereocenters. The van der Waals surface area contributed by atoms with Crippen LogP contribution in [0.1, 0.15) is 59.8 Å². The first-order chi connectivity index (χ1) is 16.5. The zero-order valence-corrected chi connectivity index (χ0v) is 21.2. The van der Waals surface area contributed by atoms with Crippen LogP contribution in [0.5, 0.6) is 0 Å². The highest BCUT2D eigenvalue weighted by molar-refractivity contribution is 5.92. The van der Waals surface area contributed by atoms with Gasteiger partial charge in [0.1, 0.15) is 0 Å². The number of carbonyl (C=O) groups is 2. The number of esters is 1.